The van der Waals surface area contributed by atoms with Crippen molar-refractivity contribution in [1.82, 2.24) is 0 Å². The molecule has 0 aliphatic carbocycles. The molecule has 244 valence electrons. The van der Waals surface area contributed by atoms with Crippen LogP contribution in [0.3, 0.4) is 0 Å². The lowest BCUT2D eigenvalue weighted by atomic mass is 9.96. The van der Waals surface area contributed by atoms with Crippen LogP contribution in [0.4, 0.5) is 73.9 Å². The van der Waals surface area contributed by atoms with Gasteiger partial charge in [-0.2, -0.15) is 0 Å². The normalized spacial score (nSPS) is 13.9. The van der Waals surface area contributed by atoms with Crippen molar-refractivity contribution in [3.05, 3.63) is 150 Å². The number of hydrogen-bond acceptors (Lipinski definition) is 6. The van der Waals surface area contributed by atoms with Gasteiger partial charge < -0.3 is 25.3 Å². The monoisotopic (exact) mass is 675 g/mol. The van der Waals surface area contributed by atoms with Crippen molar-refractivity contribution in [3.63, 3.8) is 0 Å². The average Bonchev–Trinajstić information content (AvgIpc) is 3.14. The van der Waals surface area contributed by atoms with E-state index in [1.165, 1.54) is 83.1 Å². The fourth-order valence-corrected chi connectivity index (χ4v) is 9.76. The molecule has 0 aromatic heterocycles. The van der Waals surface area contributed by atoms with E-state index in [1.807, 2.05) is 11.8 Å². The number of fused-ring (bicyclic) bond motifs is 8. The largest absolute Gasteiger partial charge is 0.352 e. The molecule has 0 amide bonds. The lowest BCUT2D eigenvalue weighted by Gasteiger charge is -2.44. The Hall–Kier alpha value is -6.11. The van der Waals surface area contributed by atoms with Gasteiger partial charge in [0.25, 0.3) is 0 Å². The van der Waals surface area contributed by atoms with E-state index >= 15 is 0 Å². The Balaban J connectivity index is 1.06. The zero-order chi connectivity index (χ0) is 34.0. The molecule has 7 aromatic rings. The minimum absolute atomic E-state index is 1.09. The average molecular weight is 676 g/mol. The molecule has 4 aliphatic heterocycles. The summed E-state index contributed by atoms with van der Waals surface area (Å²) in [6.45, 7) is 6.64. The topological polar surface area (TPSA) is 33.8 Å². The maximum absolute atomic E-state index is 3.87. The number of nitrogens with one attached hydrogen (secondary N) is 2. The number of aryl methyl sites for hydroxylation is 3. The van der Waals surface area contributed by atoms with E-state index in [1.54, 1.807) is 0 Å². The first-order chi connectivity index (χ1) is 25.0. The number of benzene rings is 7. The fraction of sp³-hybridized carbons (Fsp3) is 0.0667. The van der Waals surface area contributed by atoms with Crippen molar-refractivity contribution in [2.45, 2.75) is 30.6 Å². The zero-order valence-corrected chi connectivity index (χ0v) is 29.3. The van der Waals surface area contributed by atoms with Crippen LogP contribution in [-0.2, 0) is 0 Å². The van der Waals surface area contributed by atoms with Gasteiger partial charge in [-0.15, -0.1) is 0 Å². The molecule has 7 aromatic carbocycles. The molecule has 0 saturated carbocycles. The van der Waals surface area contributed by atoms with Crippen LogP contribution in [0.5, 0.6) is 0 Å². The van der Waals surface area contributed by atoms with Crippen LogP contribution in [0.2, 0.25) is 0 Å². The van der Waals surface area contributed by atoms with Crippen molar-refractivity contribution >= 4 is 85.7 Å². The highest BCUT2D eigenvalue weighted by molar-refractivity contribution is 7.99. The second-order valence-corrected chi connectivity index (χ2v) is 14.9. The molecule has 11 rings (SSSR count). The van der Waals surface area contributed by atoms with Crippen molar-refractivity contribution < 1.29 is 0 Å². The summed E-state index contributed by atoms with van der Waals surface area (Å²) in [4.78, 5) is 9.84. The standard InChI is InChI=1S/C45H33N5S/c1-26-21-27(2)43(28(3)22-26)50-38-15-7-6-14-37(38)48-36-20-19-29(23-33(36)47-32-12-10-17-40(50)44(32)48)30-24-34-45-42(25-30)51-41-18-9-8-16-39(41)49(45)35-13-5-4-11-31(35)46-34/h4-25,46-47H,1-3H3. The predicted molar refractivity (Wildman–Crippen MR) is 214 cm³/mol. The van der Waals surface area contributed by atoms with Crippen LogP contribution in [0.25, 0.3) is 11.1 Å². The Bertz CT molecular complexity index is 2550. The molecular weight excluding hydrogens is 643 g/mol. The van der Waals surface area contributed by atoms with Gasteiger partial charge in [-0.05, 0) is 116 Å². The Morgan fingerprint density at radius 1 is 0.392 bits per heavy atom. The molecule has 0 spiro atoms. The highest BCUT2D eigenvalue weighted by atomic mass is 32.2. The third kappa shape index (κ3) is 4.05. The third-order valence-corrected chi connectivity index (χ3v) is 11.7. The molecule has 4 heterocycles. The van der Waals surface area contributed by atoms with Gasteiger partial charge in [0, 0.05) is 9.79 Å². The highest BCUT2D eigenvalue weighted by Crippen LogP contribution is 2.62. The lowest BCUT2D eigenvalue weighted by Crippen LogP contribution is -2.28. The Morgan fingerprint density at radius 2 is 0.980 bits per heavy atom. The van der Waals surface area contributed by atoms with E-state index in [0.29, 0.717) is 0 Å². The molecule has 4 aliphatic rings. The summed E-state index contributed by atoms with van der Waals surface area (Å²) in [6.07, 6.45) is 0. The van der Waals surface area contributed by atoms with E-state index < -0.39 is 0 Å². The maximum Gasteiger partial charge on any atom is 0.0942 e. The Kier molecular flexibility index (Phi) is 5.88. The molecule has 0 bridgehead atoms. The molecular formula is C45H33N5S. The van der Waals surface area contributed by atoms with Gasteiger partial charge in [0.05, 0.1) is 73.9 Å². The van der Waals surface area contributed by atoms with Crippen LogP contribution in [-0.4, -0.2) is 0 Å². The lowest BCUT2D eigenvalue weighted by molar-refractivity contribution is 1.13. The minimum atomic E-state index is 1.09. The molecule has 51 heavy (non-hydrogen) atoms. The highest BCUT2D eigenvalue weighted by Gasteiger charge is 2.37. The SMILES string of the molecule is Cc1cc(C)c(N2c3ccccc3N3c4ccc(-c5cc6c7c(c5)Sc5ccccc5N7c5ccccc5N6)cc4Nc4cccc2c43)c(C)c1. The Morgan fingerprint density at radius 3 is 1.78 bits per heavy atom. The van der Waals surface area contributed by atoms with Crippen molar-refractivity contribution in [1.29, 1.82) is 0 Å². The van der Waals surface area contributed by atoms with Crippen molar-refractivity contribution in [3.8, 4) is 11.1 Å². The third-order valence-electron chi connectivity index (χ3n) is 10.6. The summed E-state index contributed by atoms with van der Waals surface area (Å²) >= 11 is 1.85. The van der Waals surface area contributed by atoms with Crippen LogP contribution in [0.15, 0.2) is 143 Å². The number of rotatable bonds is 2. The summed E-state index contributed by atoms with van der Waals surface area (Å²) in [5.74, 6) is 0. The fourth-order valence-electron chi connectivity index (χ4n) is 8.63. The molecule has 2 N–H and O–H groups in total. The van der Waals surface area contributed by atoms with E-state index in [-0.39, 0.29) is 0 Å². The van der Waals surface area contributed by atoms with Crippen LogP contribution < -0.4 is 25.3 Å². The Labute approximate surface area is 301 Å². The number of para-hydroxylation sites is 6. The van der Waals surface area contributed by atoms with Crippen molar-refractivity contribution in [2.24, 2.45) is 0 Å². The van der Waals surface area contributed by atoms with Gasteiger partial charge in [0.15, 0.2) is 0 Å². The second-order valence-electron chi connectivity index (χ2n) is 13.9. The van der Waals surface area contributed by atoms with Gasteiger partial charge >= 0.3 is 0 Å². The van der Waals surface area contributed by atoms with Crippen LogP contribution in [0, 0.1) is 20.8 Å². The molecule has 5 nitrogen and oxygen atoms in total. The first-order valence-electron chi connectivity index (χ1n) is 17.4. The number of nitrogens with zero attached hydrogens (tertiary/aromatic N) is 3. The van der Waals surface area contributed by atoms with E-state index in [2.05, 4.69) is 180 Å². The van der Waals surface area contributed by atoms with Crippen molar-refractivity contribution in [2.75, 3.05) is 25.3 Å². The van der Waals surface area contributed by atoms with Gasteiger partial charge in [-0.1, -0.05) is 78.0 Å². The van der Waals surface area contributed by atoms with Gasteiger partial charge in [0.2, 0.25) is 0 Å². The summed E-state index contributed by atoms with van der Waals surface area (Å²) in [7, 11) is 0. The van der Waals surface area contributed by atoms with E-state index in [4.69, 9.17) is 0 Å². The molecule has 0 saturated heterocycles. The summed E-state index contributed by atoms with van der Waals surface area (Å²) in [5, 5.41) is 7.65. The number of hydrogen-bond donors (Lipinski definition) is 2. The quantitative estimate of drug-likeness (QED) is 0.190. The minimum Gasteiger partial charge on any atom is -0.352 e. The summed E-state index contributed by atoms with van der Waals surface area (Å²) < 4.78 is 0. The van der Waals surface area contributed by atoms with E-state index in [9.17, 15) is 0 Å². The first-order valence-corrected chi connectivity index (χ1v) is 18.3. The van der Waals surface area contributed by atoms with Gasteiger partial charge in [-0.3, -0.25) is 0 Å². The second kappa shape index (κ2) is 10.5. The smallest absolute Gasteiger partial charge is 0.0942 e. The molecule has 6 heteroatoms. The maximum atomic E-state index is 3.87. The van der Waals surface area contributed by atoms with E-state index in [0.717, 1.165) is 28.4 Å². The molecule has 0 fully saturated rings. The first kappa shape index (κ1) is 28.7. The van der Waals surface area contributed by atoms with Crippen LogP contribution in [0.1, 0.15) is 16.7 Å². The molecule has 0 radical (unpaired) electrons. The zero-order valence-electron chi connectivity index (χ0n) is 28.5. The summed E-state index contributed by atoms with van der Waals surface area (Å²) in [5.41, 5.74) is 21.3. The molecule has 0 atom stereocenters. The van der Waals surface area contributed by atoms with Gasteiger partial charge in [-0.25, -0.2) is 0 Å². The van der Waals surface area contributed by atoms with Gasteiger partial charge in [0.1, 0.15) is 0 Å². The number of anilines is 13. The summed E-state index contributed by atoms with van der Waals surface area (Å²) in [6, 6.07) is 48.9. The van der Waals surface area contributed by atoms with Crippen LogP contribution >= 0.6 is 11.8 Å². The predicted octanol–water partition coefficient (Wildman–Crippen LogP) is 13.6. The molecule has 0 unspecified atom stereocenters.